The van der Waals surface area contributed by atoms with Crippen molar-refractivity contribution in [3.63, 3.8) is 0 Å². The van der Waals surface area contributed by atoms with Crippen LogP contribution >= 0.6 is 11.3 Å². The normalized spacial score (nSPS) is 12.0. The van der Waals surface area contributed by atoms with Crippen LogP contribution in [0, 0.1) is 0 Å². The van der Waals surface area contributed by atoms with E-state index in [0.717, 1.165) is 29.2 Å². The van der Waals surface area contributed by atoms with E-state index in [1.54, 1.807) is 7.11 Å². The summed E-state index contributed by atoms with van der Waals surface area (Å²) >= 11 is 1.54. The second-order valence-corrected chi connectivity index (χ2v) is 5.79. The number of hydrogen-bond donors (Lipinski definition) is 1. The quantitative estimate of drug-likeness (QED) is 0.887. The third-order valence-electron chi connectivity index (χ3n) is 3.19. The Morgan fingerprint density at radius 1 is 1.48 bits per heavy atom. The molecule has 2 rings (SSSR count). The predicted molar refractivity (Wildman–Crippen MR) is 85.0 cm³/mol. The number of nitrogens with zero attached hydrogens (tertiary/aromatic N) is 1. The van der Waals surface area contributed by atoms with Crippen LogP contribution in [0.15, 0.2) is 29.6 Å². The van der Waals surface area contributed by atoms with Gasteiger partial charge in [0.15, 0.2) is 0 Å². The highest BCUT2D eigenvalue weighted by atomic mass is 32.1. The fourth-order valence-electron chi connectivity index (χ4n) is 2.01. The number of ether oxygens (including phenoxy) is 1. The molecule has 0 saturated carbocycles. The lowest BCUT2D eigenvalue weighted by atomic mass is 10.1. The maximum Gasteiger partial charge on any atom is 0.271 e. The Labute approximate surface area is 129 Å². The van der Waals surface area contributed by atoms with E-state index in [4.69, 9.17) is 4.74 Å². The van der Waals surface area contributed by atoms with Crippen molar-refractivity contribution in [3.8, 4) is 5.75 Å². The lowest BCUT2D eigenvalue weighted by Gasteiger charge is -2.14. The molecule has 1 aromatic heterocycles. The van der Waals surface area contributed by atoms with Crippen LogP contribution in [0.3, 0.4) is 0 Å². The number of carbonyl (C=O) groups excluding carboxylic acids is 1. The van der Waals surface area contributed by atoms with Gasteiger partial charge in [0, 0.05) is 5.38 Å². The largest absolute Gasteiger partial charge is 0.497 e. The molecule has 1 atom stereocenters. The van der Waals surface area contributed by atoms with Crippen LogP contribution in [0.5, 0.6) is 5.75 Å². The number of rotatable bonds is 6. The molecule has 112 valence electrons. The summed E-state index contributed by atoms with van der Waals surface area (Å²) in [6.07, 6.45) is 1.96. The molecule has 0 spiro atoms. The molecule has 2 aromatic rings. The summed E-state index contributed by atoms with van der Waals surface area (Å²) in [5, 5.41) is 5.80. The second kappa shape index (κ2) is 7.22. The molecule has 1 aromatic carbocycles. The fraction of sp³-hybridized carbons (Fsp3) is 0.375. The van der Waals surface area contributed by atoms with Crippen molar-refractivity contribution in [2.45, 2.75) is 32.7 Å². The zero-order valence-electron chi connectivity index (χ0n) is 12.6. The number of aromatic nitrogens is 1. The monoisotopic (exact) mass is 304 g/mol. The van der Waals surface area contributed by atoms with Crippen LogP contribution in [0.25, 0.3) is 0 Å². The third kappa shape index (κ3) is 4.04. The van der Waals surface area contributed by atoms with Gasteiger partial charge in [-0.05, 0) is 37.5 Å². The second-order valence-electron chi connectivity index (χ2n) is 4.85. The van der Waals surface area contributed by atoms with Crippen molar-refractivity contribution in [1.29, 1.82) is 0 Å². The molecule has 0 aliphatic rings. The molecule has 0 aliphatic heterocycles. The van der Waals surface area contributed by atoms with Gasteiger partial charge in [0.2, 0.25) is 0 Å². The van der Waals surface area contributed by atoms with Crippen LogP contribution in [0.2, 0.25) is 0 Å². The third-order valence-corrected chi connectivity index (χ3v) is 4.10. The lowest BCUT2D eigenvalue weighted by molar-refractivity contribution is 0.0935. The molecule has 0 unspecified atom stereocenters. The Balaban J connectivity index is 2.03. The van der Waals surface area contributed by atoms with Gasteiger partial charge in [-0.3, -0.25) is 4.79 Å². The number of benzene rings is 1. The minimum atomic E-state index is -0.135. The zero-order valence-corrected chi connectivity index (χ0v) is 13.4. The van der Waals surface area contributed by atoms with E-state index in [9.17, 15) is 4.79 Å². The van der Waals surface area contributed by atoms with E-state index in [1.807, 2.05) is 36.6 Å². The number of thiazole rings is 1. The molecule has 0 bridgehead atoms. The fourth-order valence-corrected chi connectivity index (χ4v) is 2.89. The summed E-state index contributed by atoms with van der Waals surface area (Å²) < 4.78 is 5.20. The minimum Gasteiger partial charge on any atom is -0.497 e. The highest BCUT2D eigenvalue weighted by molar-refractivity contribution is 7.09. The Morgan fingerprint density at radius 2 is 2.29 bits per heavy atom. The zero-order chi connectivity index (χ0) is 15.2. The molecule has 1 N–H and O–H groups in total. The summed E-state index contributed by atoms with van der Waals surface area (Å²) in [6.45, 7) is 4.05. The average Bonchev–Trinajstić information content (AvgIpc) is 2.96. The molecule has 1 amide bonds. The average molecular weight is 304 g/mol. The highest BCUT2D eigenvalue weighted by Gasteiger charge is 2.14. The Hall–Kier alpha value is -1.88. The van der Waals surface area contributed by atoms with E-state index in [0.29, 0.717) is 5.69 Å². The van der Waals surface area contributed by atoms with E-state index >= 15 is 0 Å². The van der Waals surface area contributed by atoms with Gasteiger partial charge in [-0.25, -0.2) is 4.98 Å². The van der Waals surface area contributed by atoms with Gasteiger partial charge >= 0.3 is 0 Å². The first-order chi connectivity index (χ1) is 10.1. The van der Waals surface area contributed by atoms with Gasteiger partial charge in [0.25, 0.3) is 5.91 Å². The number of methoxy groups -OCH3 is 1. The van der Waals surface area contributed by atoms with Crippen molar-refractivity contribution >= 4 is 17.2 Å². The topological polar surface area (TPSA) is 51.2 Å². The SMILES string of the molecule is CCCc1nc(C(=O)N[C@H](C)c2cccc(OC)c2)cs1. The van der Waals surface area contributed by atoms with Crippen molar-refractivity contribution in [3.05, 3.63) is 45.9 Å². The predicted octanol–water partition coefficient (Wildman–Crippen LogP) is 3.60. The Morgan fingerprint density at radius 3 is 3.00 bits per heavy atom. The molecule has 4 nitrogen and oxygen atoms in total. The number of hydrogen-bond acceptors (Lipinski definition) is 4. The maximum atomic E-state index is 12.2. The molecule has 0 fully saturated rings. The molecular formula is C16H20N2O2S. The first-order valence-corrected chi connectivity index (χ1v) is 7.91. The highest BCUT2D eigenvalue weighted by Crippen LogP contribution is 2.19. The van der Waals surface area contributed by atoms with Gasteiger partial charge in [-0.2, -0.15) is 0 Å². The summed E-state index contributed by atoms with van der Waals surface area (Å²) in [4.78, 5) is 16.6. The molecule has 0 saturated heterocycles. The van der Waals surface area contributed by atoms with E-state index in [-0.39, 0.29) is 11.9 Å². The molecule has 21 heavy (non-hydrogen) atoms. The maximum absolute atomic E-state index is 12.2. The standard InChI is InChI=1S/C16H20N2O2S/c1-4-6-15-18-14(10-21-15)16(19)17-11(2)12-7-5-8-13(9-12)20-3/h5,7-11H,4,6H2,1-3H3,(H,17,19)/t11-/m1/s1. The van der Waals surface area contributed by atoms with Crippen molar-refractivity contribution in [2.75, 3.05) is 7.11 Å². The molecule has 0 aliphatic carbocycles. The van der Waals surface area contributed by atoms with Crippen LogP contribution in [0.1, 0.15) is 47.4 Å². The summed E-state index contributed by atoms with van der Waals surface area (Å²) in [5.41, 5.74) is 1.50. The van der Waals surface area contributed by atoms with Crippen LogP contribution < -0.4 is 10.1 Å². The van der Waals surface area contributed by atoms with Gasteiger partial charge in [-0.1, -0.05) is 19.1 Å². The van der Waals surface area contributed by atoms with Gasteiger partial charge < -0.3 is 10.1 Å². The van der Waals surface area contributed by atoms with Crippen molar-refractivity contribution in [1.82, 2.24) is 10.3 Å². The first-order valence-electron chi connectivity index (χ1n) is 7.03. The van der Waals surface area contributed by atoms with Gasteiger partial charge in [0.05, 0.1) is 18.2 Å². The molecule has 5 heteroatoms. The first kappa shape index (κ1) is 15.5. The number of aryl methyl sites for hydroxylation is 1. The number of carbonyl (C=O) groups is 1. The van der Waals surface area contributed by atoms with Gasteiger partial charge in [-0.15, -0.1) is 11.3 Å². The minimum absolute atomic E-state index is 0.0936. The molecule has 0 radical (unpaired) electrons. The number of nitrogens with one attached hydrogen (secondary N) is 1. The summed E-state index contributed by atoms with van der Waals surface area (Å²) in [7, 11) is 1.63. The Kier molecular flexibility index (Phi) is 5.33. The van der Waals surface area contributed by atoms with Crippen molar-refractivity contribution < 1.29 is 9.53 Å². The van der Waals surface area contributed by atoms with Crippen LogP contribution in [-0.4, -0.2) is 18.0 Å². The van der Waals surface area contributed by atoms with E-state index in [2.05, 4.69) is 17.2 Å². The van der Waals surface area contributed by atoms with Crippen LogP contribution in [-0.2, 0) is 6.42 Å². The Bertz CT molecular complexity index is 610. The number of amides is 1. The smallest absolute Gasteiger partial charge is 0.271 e. The summed E-state index contributed by atoms with van der Waals surface area (Å²) in [5.74, 6) is 0.649. The lowest BCUT2D eigenvalue weighted by Crippen LogP contribution is -2.26. The summed E-state index contributed by atoms with van der Waals surface area (Å²) in [6, 6.07) is 7.60. The molecular weight excluding hydrogens is 284 g/mol. The molecule has 1 heterocycles. The van der Waals surface area contributed by atoms with Gasteiger partial charge in [0.1, 0.15) is 11.4 Å². The van der Waals surface area contributed by atoms with E-state index in [1.165, 1.54) is 11.3 Å². The van der Waals surface area contributed by atoms with Crippen LogP contribution in [0.4, 0.5) is 0 Å². The van der Waals surface area contributed by atoms with E-state index < -0.39 is 0 Å². The van der Waals surface area contributed by atoms with Crippen molar-refractivity contribution in [2.24, 2.45) is 0 Å².